The van der Waals surface area contributed by atoms with Crippen LogP contribution in [-0.2, 0) is 11.2 Å². The van der Waals surface area contributed by atoms with Crippen molar-refractivity contribution in [2.45, 2.75) is 76.7 Å². The van der Waals surface area contributed by atoms with Crippen LogP contribution in [0.1, 0.15) is 64.0 Å². The fourth-order valence-electron chi connectivity index (χ4n) is 4.88. The molecule has 5 nitrogen and oxygen atoms in total. The third-order valence-electron chi connectivity index (χ3n) is 6.93. The lowest BCUT2D eigenvalue weighted by Crippen LogP contribution is -2.50. The summed E-state index contributed by atoms with van der Waals surface area (Å²) in [4.78, 5) is 22.4. The van der Waals surface area contributed by atoms with Crippen LogP contribution in [0.15, 0.2) is 59.6 Å². The maximum atomic E-state index is 12.3. The molecule has 3 aromatic rings. The van der Waals surface area contributed by atoms with Crippen molar-refractivity contribution in [3.8, 4) is 0 Å². The van der Waals surface area contributed by atoms with Crippen molar-refractivity contribution in [3.05, 3.63) is 65.9 Å². The minimum Gasteiger partial charge on any atom is -0.444 e. The molecule has 0 aliphatic carbocycles. The summed E-state index contributed by atoms with van der Waals surface area (Å²) in [6, 6.07) is 17.6. The Morgan fingerprint density at radius 2 is 1.71 bits per heavy atom. The Labute approximate surface area is 233 Å². The van der Waals surface area contributed by atoms with Gasteiger partial charge in [0.1, 0.15) is 5.60 Å². The average Bonchev–Trinajstić information content (AvgIpc) is 2.89. The third kappa shape index (κ3) is 8.39. The van der Waals surface area contributed by atoms with Crippen LogP contribution in [0.3, 0.4) is 0 Å². The van der Waals surface area contributed by atoms with Crippen molar-refractivity contribution in [2.24, 2.45) is 0 Å². The molecule has 38 heavy (non-hydrogen) atoms. The van der Waals surface area contributed by atoms with E-state index in [1.807, 2.05) is 43.6 Å². The van der Waals surface area contributed by atoms with Crippen molar-refractivity contribution in [1.29, 1.82) is 0 Å². The number of unbranched alkanes of at least 4 members (excludes halogenated alkanes) is 4. The molecule has 1 aromatic heterocycles. The van der Waals surface area contributed by atoms with E-state index >= 15 is 0 Å². The molecule has 2 heterocycles. The van der Waals surface area contributed by atoms with Crippen LogP contribution in [0, 0.1) is 6.92 Å². The maximum Gasteiger partial charge on any atom is 0.410 e. The average molecular weight is 534 g/mol. The van der Waals surface area contributed by atoms with Gasteiger partial charge in [0.15, 0.2) is 0 Å². The number of anilines is 1. The van der Waals surface area contributed by atoms with Gasteiger partial charge < -0.3 is 14.5 Å². The number of ether oxygens (including phenoxy) is 1. The lowest BCUT2D eigenvalue weighted by molar-refractivity contribution is 0.0240. The highest BCUT2D eigenvalue weighted by molar-refractivity contribution is 7.99. The Morgan fingerprint density at radius 3 is 2.50 bits per heavy atom. The van der Waals surface area contributed by atoms with Crippen molar-refractivity contribution in [1.82, 2.24) is 9.88 Å². The number of carbonyl (C=O) groups excluding carboxylic acids is 1. The smallest absolute Gasteiger partial charge is 0.410 e. The summed E-state index contributed by atoms with van der Waals surface area (Å²) in [6.07, 6.45) is 9.21. The Bertz CT molecular complexity index is 1200. The highest BCUT2D eigenvalue weighted by Gasteiger charge is 2.26. The number of carbonyl (C=O) groups is 1. The van der Waals surface area contributed by atoms with E-state index in [1.54, 1.807) is 0 Å². The molecule has 0 saturated carbocycles. The van der Waals surface area contributed by atoms with Gasteiger partial charge in [-0.3, -0.25) is 4.98 Å². The lowest BCUT2D eigenvalue weighted by Gasteiger charge is -2.36. The van der Waals surface area contributed by atoms with E-state index in [4.69, 9.17) is 4.74 Å². The summed E-state index contributed by atoms with van der Waals surface area (Å²) in [7, 11) is 0. The predicted octanol–water partition coefficient (Wildman–Crippen LogP) is 7.89. The van der Waals surface area contributed by atoms with Gasteiger partial charge in [0.05, 0.1) is 5.52 Å². The molecule has 1 fully saturated rings. The summed E-state index contributed by atoms with van der Waals surface area (Å²) >= 11 is 1.96. The van der Waals surface area contributed by atoms with E-state index in [0.29, 0.717) is 13.1 Å². The zero-order valence-corrected chi connectivity index (χ0v) is 24.4. The number of aromatic nitrogens is 1. The highest BCUT2D eigenvalue weighted by Crippen LogP contribution is 2.28. The Morgan fingerprint density at radius 1 is 0.947 bits per heavy atom. The van der Waals surface area contributed by atoms with Crippen molar-refractivity contribution < 1.29 is 9.53 Å². The topological polar surface area (TPSA) is 45.7 Å². The number of hydrogen-bond donors (Lipinski definition) is 0. The van der Waals surface area contributed by atoms with Gasteiger partial charge in [-0.2, -0.15) is 0 Å². The first kappa shape index (κ1) is 28.3. The zero-order chi connectivity index (χ0) is 27.0. The van der Waals surface area contributed by atoms with E-state index in [1.165, 1.54) is 59.2 Å². The van der Waals surface area contributed by atoms with Crippen LogP contribution in [-0.4, -0.2) is 53.5 Å². The van der Waals surface area contributed by atoms with Gasteiger partial charge in [-0.15, -0.1) is 11.8 Å². The van der Waals surface area contributed by atoms with Crippen LogP contribution < -0.4 is 4.90 Å². The van der Waals surface area contributed by atoms with Crippen molar-refractivity contribution in [2.75, 3.05) is 36.8 Å². The summed E-state index contributed by atoms with van der Waals surface area (Å²) in [6.45, 7) is 11.0. The summed E-state index contributed by atoms with van der Waals surface area (Å²) in [5.74, 6) is 1.16. The van der Waals surface area contributed by atoms with Crippen LogP contribution in [0.25, 0.3) is 10.9 Å². The van der Waals surface area contributed by atoms with Gasteiger partial charge >= 0.3 is 6.09 Å². The molecule has 0 spiro atoms. The van der Waals surface area contributed by atoms with Crippen molar-refractivity contribution >= 4 is 34.4 Å². The van der Waals surface area contributed by atoms with E-state index < -0.39 is 5.60 Å². The fraction of sp³-hybridized carbons (Fsp3) is 0.500. The van der Waals surface area contributed by atoms with Gasteiger partial charge in [0.25, 0.3) is 0 Å². The molecule has 0 unspecified atom stereocenters. The molecule has 1 amide bonds. The van der Waals surface area contributed by atoms with Gasteiger partial charge in [0.2, 0.25) is 0 Å². The van der Waals surface area contributed by atoms with Crippen molar-refractivity contribution in [3.63, 3.8) is 0 Å². The molecule has 4 rings (SSSR count). The first-order valence-corrected chi connectivity index (χ1v) is 15.1. The second-order valence-corrected chi connectivity index (χ2v) is 12.5. The SMILES string of the molecule is Cc1ccc2c(SCCCCCCCc3cccc(N4CCN(C(=O)OC(C)(C)C)CC4)c3)ccnc2c1. The number of pyridine rings is 1. The first-order valence-electron chi connectivity index (χ1n) is 14.1. The van der Waals surface area contributed by atoms with Crippen LogP contribution >= 0.6 is 11.8 Å². The molecule has 0 N–H and O–H groups in total. The van der Waals surface area contributed by atoms with E-state index in [2.05, 4.69) is 65.3 Å². The van der Waals surface area contributed by atoms with Gasteiger partial charge in [-0.1, -0.05) is 43.5 Å². The summed E-state index contributed by atoms with van der Waals surface area (Å²) in [5, 5.41) is 1.27. The van der Waals surface area contributed by atoms with E-state index in [0.717, 1.165) is 30.8 Å². The Kier molecular flexibility index (Phi) is 9.95. The molecule has 1 aliphatic rings. The number of nitrogens with zero attached hydrogens (tertiary/aromatic N) is 3. The Hall–Kier alpha value is -2.73. The molecule has 6 heteroatoms. The normalized spacial score (nSPS) is 14.2. The molecule has 0 radical (unpaired) electrons. The standard InChI is InChI=1S/C32H43N3O2S/c1-25-14-15-28-29(23-25)33-17-16-30(28)38-22-9-7-5-6-8-11-26-12-10-13-27(24-26)34-18-20-35(21-19-34)31(36)37-32(2,3)4/h10,12-17,23-24H,5-9,11,18-22H2,1-4H3. The number of thioether (sulfide) groups is 1. The number of amides is 1. The highest BCUT2D eigenvalue weighted by atomic mass is 32.2. The molecule has 204 valence electrons. The second kappa shape index (κ2) is 13.4. The molecule has 0 atom stereocenters. The maximum absolute atomic E-state index is 12.3. The van der Waals surface area contributed by atoms with Gasteiger partial charge in [-0.25, -0.2) is 4.79 Å². The van der Waals surface area contributed by atoms with E-state index in [-0.39, 0.29) is 6.09 Å². The quantitative estimate of drug-likeness (QED) is 0.196. The number of rotatable bonds is 10. The number of benzene rings is 2. The Balaban J connectivity index is 1.12. The number of piperazine rings is 1. The summed E-state index contributed by atoms with van der Waals surface area (Å²) < 4.78 is 5.53. The number of fused-ring (bicyclic) bond motifs is 1. The lowest BCUT2D eigenvalue weighted by atomic mass is 10.0. The molecule has 1 saturated heterocycles. The first-order chi connectivity index (χ1) is 18.3. The van der Waals surface area contributed by atoms with Crippen LogP contribution in [0.5, 0.6) is 0 Å². The molecule has 1 aliphatic heterocycles. The van der Waals surface area contributed by atoms with E-state index in [9.17, 15) is 4.79 Å². The molecular weight excluding hydrogens is 490 g/mol. The monoisotopic (exact) mass is 533 g/mol. The fourth-order valence-corrected chi connectivity index (χ4v) is 5.94. The minimum absolute atomic E-state index is 0.203. The minimum atomic E-state index is -0.448. The third-order valence-corrected chi connectivity index (χ3v) is 8.09. The number of aryl methyl sites for hydroxylation is 2. The zero-order valence-electron chi connectivity index (χ0n) is 23.5. The van der Waals surface area contributed by atoms with Crippen LogP contribution in [0.2, 0.25) is 0 Å². The van der Waals surface area contributed by atoms with Gasteiger partial charge in [0, 0.05) is 48.3 Å². The van der Waals surface area contributed by atoms with Gasteiger partial charge in [-0.05, 0) is 88.1 Å². The summed E-state index contributed by atoms with van der Waals surface area (Å²) in [5.41, 5.74) is 4.59. The largest absolute Gasteiger partial charge is 0.444 e. The van der Waals surface area contributed by atoms with Crippen LogP contribution in [0.4, 0.5) is 10.5 Å². The second-order valence-electron chi connectivity index (χ2n) is 11.3. The number of hydrogen-bond acceptors (Lipinski definition) is 5. The predicted molar refractivity (Wildman–Crippen MR) is 160 cm³/mol. The molecule has 2 aromatic carbocycles. The molecule has 0 bridgehead atoms. The molecular formula is C32H43N3O2S.